The number of hydrogen-bond acceptors (Lipinski definition) is 1. The van der Waals surface area contributed by atoms with Crippen molar-refractivity contribution in [2.24, 2.45) is 5.92 Å². The van der Waals surface area contributed by atoms with E-state index in [2.05, 4.69) is 45.0 Å². The second kappa shape index (κ2) is 5.83. The molecule has 0 aliphatic rings. The molecule has 1 heteroatoms. The van der Waals surface area contributed by atoms with Gasteiger partial charge in [0.15, 0.2) is 0 Å². The molecule has 0 bridgehead atoms. The van der Waals surface area contributed by atoms with E-state index >= 15 is 0 Å². The Kier molecular flexibility index (Phi) is 4.72. The molecule has 1 rings (SSSR count). The van der Waals surface area contributed by atoms with Crippen LogP contribution < -0.4 is 0 Å². The van der Waals surface area contributed by atoms with Gasteiger partial charge >= 0.3 is 0 Å². The molecule has 0 aliphatic heterocycles. The molecule has 0 aromatic heterocycles. The zero-order valence-electron chi connectivity index (χ0n) is 10.8. The molecule has 1 aromatic rings. The van der Waals surface area contributed by atoms with Crippen molar-refractivity contribution in [3.05, 3.63) is 35.4 Å². The van der Waals surface area contributed by atoms with Crippen molar-refractivity contribution in [3.63, 3.8) is 0 Å². The Bertz CT molecular complexity index is 335. The molecule has 0 aliphatic carbocycles. The molecule has 0 fully saturated rings. The monoisotopic (exact) mass is 218 g/mol. The minimum absolute atomic E-state index is 0.284. The highest BCUT2D eigenvalue weighted by molar-refractivity contribution is 5.75. The summed E-state index contributed by atoms with van der Waals surface area (Å²) in [5, 5.41) is 0. The van der Waals surface area contributed by atoms with Crippen LogP contribution in [0.25, 0.3) is 0 Å². The van der Waals surface area contributed by atoms with Gasteiger partial charge in [0, 0.05) is 6.42 Å². The lowest BCUT2D eigenvalue weighted by atomic mass is 9.94. The van der Waals surface area contributed by atoms with E-state index in [-0.39, 0.29) is 5.78 Å². The molecule has 0 amide bonds. The molecule has 16 heavy (non-hydrogen) atoms. The fourth-order valence-electron chi connectivity index (χ4n) is 2.00. The number of carbonyl (C=O) groups excluding carboxylic acids is 1. The van der Waals surface area contributed by atoms with E-state index in [1.807, 2.05) is 0 Å². The Hall–Kier alpha value is -1.11. The van der Waals surface area contributed by atoms with Crippen LogP contribution in [0.1, 0.15) is 51.2 Å². The zero-order valence-corrected chi connectivity index (χ0v) is 10.8. The first-order valence-corrected chi connectivity index (χ1v) is 6.07. The Balaban J connectivity index is 2.58. The van der Waals surface area contributed by atoms with Crippen LogP contribution >= 0.6 is 0 Å². The van der Waals surface area contributed by atoms with Gasteiger partial charge in [-0.3, -0.25) is 0 Å². The number of benzene rings is 1. The van der Waals surface area contributed by atoms with E-state index < -0.39 is 0 Å². The molecule has 0 saturated heterocycles. The van der Waals surface area contributed by atoms with Gasteiger partial charge in [0.1, 0.15) is 5.78 Å². The van der Waals surface area contributed by atoms with Crippen molar-refractivity contribution >= 4 is 5.78 Å². The molecule has 0 saturated carbocycles. The molecular weight excluding hydrogens is 196 g/mol. The molecule has 0 heterocycles. The lowest BCUT2D eigenvalue weighted by Crippen LogP contribution is -2.05. The van der Waals surface area contributed by atoms with Crippen molar-refractivity contribution < 1.29 is 4.79 Å². The maximum absolute atomic E-state index is 11.0. The van der Waals surface area contributed by atoms with Gasteiger partial charge in [-0.1, -0.05) is 45.0 Å². The molecule has 0 N–H and O–H groups in total. The van der Waals surface area contributed by atoms with Gasteiger partial charge in [-0.05, 0) is 36.3 Å². The molecule has 1 aromatic carbocycles. The van der Waals surface area contributed by atoms with Crippen LogP contribution in [0.4, 0.5) is 0 Å². The number of Topliss-reactive ketones (excluding diaryl/α,β-unsaturated/α-hetero) is 1. The summed E-state index contributed by atoms with van der Waals surface area (Å²) in [7, 11) is 0. The SMILES string of the molecule is CC(=O)CC(C)Cc1ccc(C(C)C)cc1. The van der Waals surface area contributed by atoms with Gasteiger partial charge in [0.05, 0.1) is 0 Å². The second-order valence-electron chi connectivity index (χ2n) is 5.11. The lowest BCUT2D eigenvalue weighted by molar-refractivity contribution is -0.117. The first-order valence-electron chi connectivity index (χ1n) is 6.07. The second-order valence-corrected chi connectivity index (χ2v) is 5.11. The Morgan fingerprint density at radius 1 is 1.12 bits per heavy atom. The van der Waals surface area contributed by atoms with Gasteiger partial charge in [0.2, 0.25) is 0 Å². The third-order valence-corrected chi connectivity index (χ3v) is 2.87. The third kappa shape index (κ3) is 4.18. The van der Waals surface area contributed by atoms with Crippen LogP contribution in [-0.4, -0.2) is 5.78 Å². The molecular formula is C15H22O. The molecule has 88 valence electrons. The van der Waals surface area contributed by atoms with E-state index in [1.165, 1.54) is 11.1 Å². The van der Waals surface area contributed by atoms with Crippen molar-refractivity contribution in [2.75, 3.05) is 0 Å². The normalized spacial score (nSPS) is 12.8. The molecule has 1 atom stereocenters. The maximum Gasteiger partial charge on any atom is 0.130 e. The number of ketones is 1. The van der Waals surface area contributed by atoms with Crippen LogP contribution in [0, 0.1) is 5.92 Å². The van der Waals surface area contributed by atoms with Crippen LogP contribution in [-0.2, 0) is 11.2 Å². The number of carbonyl (C=O) groups is 1. The van der Waals surface area contributed by atoms with Gasteiger partial charge < -0.3 is 4.79 Å². The third-order valence-electron chi connectivity index (χ3n) is 2.87. The van der Waals surface area contributed by atoms with Crippen molar-refractivity contribution in [1.82, 2.24) is 0 Å². The van der Waals surface area contributed by atoms with E-state index in [0.29, 0.717) is 18.3 Å². The Labute approximate surface area is 98.9 Å². The summed E-state index contributed by atoms with van der Waals surface area (Å²) in [4.78, 5) is 11.0. The van der Waals surface area contributed by atoms with Crippen molar-refractivity contribution in [2.45, 2.75) is 46.5 Å². The highest BCUT2D eigenvalue weighted by Crippen LogP contribution is 2.17. The largest absolute Gasteiger partial charge is 0.300 e. The van der Waals surface area contributed by atoms with Gasteiger partial charge in [-0.15, -0.1) is 0 Å². The van der Waals surface area contributed by atoms with Crippen LogP contribution in [0.3, 0.4) is 0 Å². The lowest BCUT2D eigenvalue weighted by Gasteiger charge is -2.11. The summed E-state index contributed by atoms with van der Waals surface area (Å²) in [6.07, 6.45) is 1.68. The summed E-state index contributed by atoms with van der Waals surface area (Å²) in [5.41, 5.74) is 2.71. The Morgan fingerprint density at radius 2 is 1.69 bits per heavy atom. The molecule has 0 radical (unpaired) electrons. The summed E-state index contributed by atoms with van der Waals surface area (Å²) in [6, 6.07) is 8.76. The molecule has 1 nitrogen and oxygen atoms in total. The van der Waals surface area contributed by atoms with Crippen LogP contribution in [0.2, 0.25) is 0 Å². The predicted octanol–water partition coefficient (Wildman–Crippen LogP) is 3.97. The summed E-state index contributed by atoms with van der Waals surface area (Å²) in [5.74, 6) is 1.32. The first-order chi connectivity index (χ1) is 7.49. The fraction of sp³-hybridized carbons (Fsp3) is 0.533. The first kappa shape index (κ1) is 13.0. The number of rotatable bonds is 5. The quantitative estimate of drug-likeness (QED) is 0.731. The summed E-state index contributed by atoms with van der Waals surface area (Å²) < 4.78 is 0. The average Bonchev–Trinajstić information content (AvgIpc) is 2.16. The molecule has 1 unspecified atom stereocenters. The predicted molar refractivity (Wildman–Crippen MR) is 68.7 cm³/mol. The highest BCUT2D eigenvalue weighted by atomic mass is 16.1. The fourth-order valence-corrected chi connectivity index (χ4v) is 2.00. The summed E-state index contributed by atoms with van der Waals surface area (Å²) >= 11 is 0. The highest BCUT2D eigenvalue weighted by Gasteiger charge is 2.07. The minimum atomic E-state index is 0.284. The average molecular weight is 218 g/mol. The minimum Gasteiger partial charge on any atom is -0.300 e. The molecule has 0 spiro atoms. The zero-order chi connectivity index (χ0) is 12.1. The standard InChI is InChI=1S/C15H22O/c1-11(2)15-7-5-14(6-8-15)10-12(3)9-13(4)16/h5-8,11-12H,9-10H2,1-4H3. The van der Waals surface area contributed by atoms with E-state index in [1.54, 1.807) is 6.92 Å². The van der Waals surface area contributed by atoms with E-state index in [9.17, 15) is 4.79 Å². The van der Waals surface area contributed by atoms with Gasteiger partial charge in [0.25, 0.3) is 0 Å². The van der Waals surface area contributed by atoms with Crippen LogP contribution in [0.15, 0.2) is 24.3 Å². The van der Waals surface area contributed by atoms with Gasteiger partial charge in [-0.2, -0.15) is 0 Å². The maximum atomic E-state index is 11.0. The smallest absolute Gasteiger partial charge is 0.130 e. The van der Waals surface area contributed by atoms with Gasteiger partial charge in [-0.25, -0.2) is 0 Å². The summed E-state index contributed by atoms with van der Waals surface area (Å²) in [6.45, 7) is 8.21. The van der Waals surface area contributed by atoms with E-state index in [4.69, 9.17) is 0 Å². The van der Waals surface area contributed by atoms with Crippen molar-refractivity contribution in [1.29, 1.82) is 0 Å². The van der Waals surface area contributed by atoms with Crippen LogP contribution in [0.5, 0.6) is 0 Å². The van der Waals surface area contributed by atoms with Crippen molar-refractivity contribution in [3.8, 4) is 0 Å². The van der Waals surface area contributed by atoms with E-state index in [0.717, 1.165) is 6.42 Å². The Morgan fingerprint density at radius 3 is 2.12 bits per heavy atom. The topological polar surface area (TPSA) is 17.1 Å². The number of hydrogen-bond donors (Lipinski definition) is 0.